The molecular formula is C12H19BrN2. The van der Waals surface area contributed by atoms with Gasteiger partial charge in [-0.15, -0.1) is 0 Å². The van der Waals surface area contributed by atoms with Crippen LogP contribution in [-0.2, 0) is 0 Å². The van der Waals surface area contributed by atoms with Gasteiger partial charge in [-0.2, -0.15) is 0 Å². The second-order valence-electron chi connectivity index (χ2n) is 3.93. The van der Waals surface area contributed by atoms with E-state index >= 15 is 0 Å². The van der Waals surface area contributed by atoms with Gasteiger partial charge in [0.15, 0.2) is 0 Å². The highest BCUT2D eigenvalue weighted by molar-refractivity contribution is 9.10. The summed E-state index contributed by atoms with van der Waals surface area (Å²) in [6.07, 6.45) is 3.03. The molecule has 1 N–H and O–H groups in total. The van der Waals surface area contributed by atoms with E-state index in [9.17, 15) is 0 Å². The summed E-state index contributed by atoms with van der Waals surface area (Å²) in [5.41, 5.74) is 1.15. The van der Waals surface area contributed by atoms with Gasteiger partial charge in [0.25, 0.3) is 0 Å². The molecule has 2 atom stereocenters. The van der Waals surface area contributed by atoms with E-state index in [1.54, 1.807) is 0 Å². The van der Waals surface area contributed by atoms with Crippen molar-refractivity contribution in [1.82, 2.24) is 10.3 Å². The molecule has 2 nitrogen and oxygen atoms in total. The molecule has 84 valence electrons. The quantitative estimate of drug-likeness (QED) is 0.888. The Morgan fingerprint density at radius 2 is 2.13 bits per heavy atom. The molecule has 0 aromatic carbocycles. The van der Waals surface area contributed by atoms with Gasteiger partial charge in [0.05, 0.1) is 0 Å². The van der Waals surface area contributed by atoms with Crippen molar-refractivity contribution in [3.63, 3.8) is 0 Å². The fourth-order valence-electron chi connectivity index (χ4n) is 1.46. The highest BCUT2D eigenvalue weighted by Crippen LogP contribution is 2.18. The molecule has 1 heterocycles. The SMILES string of the molecule is CCCNC(C)C(C)c1ccc(Br)cn1. The van der Waals surface area contributed by atoms with Crippen LogP contribution in [0.3, 0.4) is 0 Å². The third-order valence-corrected chi connectivity index (χ3v) is 3.15. The third kappa shape index (κ3) is 3.92. The van der Waals surface area contributed by atoms with Crippen molar-refractivity contribution >= 4 is 15.9 Å². The molecule has 0 amide bonds. The standard InChI is InChI=1S/C12H19BrN2/c1-4-7-14-10(3)9(2)12-6-5-11(13)8-15-12/h5-6,8-10,14H,4,7H2,1-3H3. The summed E-state index contributed by atoms with van der Waals surface area (Å²) in [6, 6.07) is 4.60. The van der Waals surface area contributed by atoms with Crippen LogP contribution in [-0.4, -0.2) is 17.6 Å². The predicted octanol–water partition coefficient (Wildman–Crippen LogP) is 3.34. The summed E-state index contributed by atoms with van der Waals surface area (Å²) >= 11 is 3.40. The van der Waals surface area contributed by atoms with Crippen molar-refractivity contribution in [2.75, 3.05) is 6.54 Å². The zero-order valence-electron chi connectivity index (χ0n) is 9.63. The van der Waals surface area contributed by atoms with E-state index in [0.29, 0.717) is 12.0 Å². The lowest BCUT2D eigenvalue weighted by molar-refractivity contribution is 0.474. The fourth-order valence-corrected chi connectivity index (χ4v) is 1.70. The number of pyridine rings is 1. The first kappa shape index (κ1) is 12.7. The Hall–Kier alpha value is -0.410. The highest BCUT2D eigenvalue weighted by Gasteiger charge is 2.14. The van der Waals surface area contributed by atoms with Crippen LogP contribution in [0.1, 0.15) is 38.8 Å². The maximum Gasteiger partial charge on any atom is 0.0448 e. The first-order valence-corrected chi connectivity index (χ1v) is 6.29. The summed E-state index contributed by atoms with van der Waals surface area (Å²) in [4.78, 5) is 4.42. The molecule has 0 saturated carbocycles. The molecule has 1 aromatic heterocycles. The monoisotopic (exact) mass is 270 g/mol. The van der Waals surface area contributed by atoms with Crippen LogP contribution in [0.4, 0.5) is 0 Å². The predicted molar refractivity (Wildman–Crippen MR) is 68.1 cm³/mol. The van der Waals surface area contributed by atoms with Crippen molar-refractivity contribution in [3.05, 3.63) is 28.5 Å². The molecule has 0 bridgehead atoms. The lowest BCUT2D eigenvalue weighted by atomic mass is 9.99. The zero-order valence-corrected chi connectivity index (χ0v) is 11.2. The maximum absolute atomic E-state index is 4.42. The summed E-state index contributed by atoms with van der Waals surface area (Å²) in [6.45, 7) is 7.68. The van der Waals surface area contributed by atoms with E-state index < -0.39 is 0 Å². The van der Waals surface area contributed by atoms with Crippen LogP contribution in [0.15, 0.2) is 22.8 Å². The number of hydrogen-bond donors (Lipinski definition) is 1. The lowest BCUT2D eigenvalue weighted by Crippen LogP contribution is -2.31. The Morgan fingerprint density at radius 1 is 1.40 bits per heavy atom. The van der Waals surface area contributed by atoms with Gasteiger partial charge in [0.2, 0.25) is 0 Å². The second kappa shape index (κ2) is 6.23. The molecular weight excluding hydrogens is 252 g/mol. The Kier molecular flexibility index (Phi) is 5.26. The van der Waals surface area contributed by atoms with E-state index in [2.05, 4.69) is 53.1 Å². The molecule has 15 heavy (non-hydrogen) atoms. The molecule has 0 radical (unpaired) electrons. The van der Waals surface area contributed by atoms with Crippen molar-refractivity contribution in [2.24, 2.45) is 0 Å². The minimum Gasteiger partial charge on any atom is -0.314 e. The van der Waals surface area contributed by atoms with Crippen LogP contribution in [0.2, 0.25) is 0 Å². The molecule has 1 aromatic rings. The van der Waals surface area contributed by atoms with Gasteiger partial charge >= 0.3 is 0 Å². The normalized spacial score (nSPS) is 14.9. The number of nitrogens with one attached hydrogen (secondary N) is 1. The average Bonchev–Trinajstić information content (AvgIpc) is 2.26. The van der Waals surface area contributed by atoms with Crippen LogP contribution in [0.5, 0.6) is 0 Å². The summed E-state index contributed by atoms with van der Waals surface area (Å²) in [5.74, 6) is 0.449. The number of aromatic nitrogens is 1. The Labute approximate surface area is 101 Å². The van der Waals surface area contributed by atoms with Crippen molar-refractivity contribution in [2.45, 2.75) is 39.2 Å². The zero-order chi connectivity index (χ0) is 11.3. The van der Waals surface area contributed by atoms with Crippen LogP contribution >= 0.6 is 15.9 Å². The molecule has 0 spiro atoms. The van der Waals surface area contributed by atoms with Crippen LogP contribution in [0.25, 0.3) is 0 Å². The Morgan fingerprint density at radius 3 is 2.67 bits per heavy atom. The molecule has 0 aliphatic heterocycles. The molecule has 2 unspecified atom stereocenters. The number of hydrogen-bond acceptors (Lipinski definition) is 2. The average molecular weight is 271 g/mol. The molecule has 1 rings (SSSR count). The Bertz CT molecular complexity index is 284. The van der Waals surface area contributed by atoms with E-state index in [0.717, 1.165) is 16.7 Å². The van der Waals surface area contributed by atoms with Gasteiger partial charge in [-0.05, 0) is 48.0 Å². The minimum absolute atomic E-state index is 0.449. The smallest absolute Gasteiger partial charge is 0.0448 e. The number of halogens is 1. The summed E-state index contributed by atoms with van der Waals surface area (Å²) in [7, 11) is 0. The van der Waals surface area contributed by atoms with Gasteiger partial charge in [0.1, 0.15) is 0 Å². The molecule has 3 heteroatoms. The van der Waals surface area contributed by atoms with Crippen molar-refractivity contribution < 1.29 is 0 Å². The summed E-state index contributed by atoms with van der Waals surface area (Å²) < 4.78 is 1.03. The van der Waals surface area contributed by atoms with E-state index in [1.165, 1.54) is 6.42 Å². The van der Waals surface area contributed by atoms with Gasteiger partial charge in [-0.25, -0.2) is 0 Å². The van der Waals surface area contributed by atoms with Crippen molar-refractivity contribution in [3.8, 4) is 0 Å². The fraction of sp³-hybridized carbons (Fsp3) is 0.583. The molecule has 0 aliphatic carbocycles. The maximum atomic E-state index is 4.42. The topological polar surface area (TPSA) is 24.9 Å². The number of rotatable bonds is 5. The Balaban J connectivity index is 2.59. The van der Waals surface area contributed by atoms with Crippen molar-refractivity contribution in [1.29, 1.82) is 0 Å². The molecule has 0 fully saturated rings. The second-order valence-corrected chi connectivity index (χ2v) is 4.85. The first-order chi connectivity index (χ1) is 7.15. The van der Waals surface area contributed by atoms with Crippen LogP contribution < -0.4 is 5.32 Å². The molecule has 0 aliphatic rings. The summed E-state index contributed by atoms with van der Waals surface area (Å²) in [5, 5.41) is 3.49. The van der Waals surface area contributed by atoms with E-state index in [-0.39, 0.29) is 0 Å². The van der Waals surface area contributed by atoms with E-state index in [1.807, 2.05) is 12.3 Å². The van der Waals surface area contributed by atoms with Gasteiger partial charge in [-0.1, -0.05) is 13.8 Å². The largest absolute Gasteiger partial charge is 0.314 e. The van der Waals surface area contributed by atoms with Gasteiger partial charge < -0.3 is 5.32 Å². The third-order valence-electron chi connectivity index (χ3n) is 2.68. The first-order valence-electron chi connectivity index (χ1n) is 5.50. The lowest BCUT2D eigenvalue weighted by Gasteiger charge is -2.20. The number of nitrogens with zero attached hydrogens (tertiary/aromatic N) is 1. The highest BCUT2D eigenvalue weighted by atomic mass is 79.9. The van der Waals surface area contributed by atoms with Gasteiger partial charge in [0, 0.05) is 28.3 Å². The van der Waals surface area contributed by atoms with E-state index in [4.69, 9.17) is 0 Å². The minimum atomic E-state index is 0.449. The molecule has 0 saturated heterocycles. The van der Waals surface area contributed by atoms with Gasteiger partial charge in [-0.3, -0.25) is 4.98 Å². The van der Waals surface area contributed by atoms with Crippen LogP contribution in [0, 0.1) is 0 Å².